The second-order valence-corrected chi connectivity index (χ2v) is 7.50. The molecule has 3 aromatic rings. The topological polar surface area (TPSA) is 134 Å². The maximum absolute atomic E-state index is 13.1. The predicted molar refractivity (Wildman–Crippen MR) is 116 cm³/mol. The van der Waals surface area contributed by atoms with Crippen LogP contribution in [0.15, 0.2) is 36.8 Å². The molecule has 1 aliphatic rings. The Labute approximate surface area is 188 Å². The molecule has 0 atom stereocenters. The molecule has 172 valence electrons. The summed E-state index contributed by atoms with van der Waals surface area (Å²) in [7, 11) is 0. The van der Waals surface area contributed by atoms with Crippen molar-refractivity contribution < 1.29 is 18.8 Å². The Morgan fingerprint density at radius 2 is 1.97 bits per heavy atom. The van der Waals surface area contributed by atoms with Crippen LogP contribution in [-0.4, -0.2) is 62.1 Å². The molecule has 1 fully saturated rings. The molecule has 1 aromatic carbocycles. The molecule has 0 saturated carbocycles. The second kappa shape index (κ2) is 10.0. The Balaban J connectivity index is 1.27. The Bertz CT molecular complexity index is 1160. The van der Waals surface area contributed by atoms with Crippen molar-refractivity contribution in [2.75, 3.05) is 25.0 Å². The van der Waals surface area contributed by atoms with Gasteiger partial charge in [-0.25, -0.2) is 23.8 Å². The molecule has 0 spiro atoms. The number of anilines is 1. The molecule has 0 aliphatic carbocycles. The van der Waals surface area contributed by atoms with Crippen LogP contribution in [0.2, 0.25) is 0 Å². The van der Waals surface area contributed by atoms with Gasteiger partial charge in [0.05, 0.1) is 18.1 Å². The number of aromatic nitrogens is 4. The molecule has 4 rings (SSSR count). The third-order valence-corrected chi connectivity index (χ3v) is 5.20. The number of fused-ring (bicyclic) bond motifs is 1. The molecule has 33 heavy (non-hydrogen) atoms. The highest BCUT2D eigenvalue weighted by molar-refractivity contribution is 5.96. The fourth-order valence-electron chi connectivity index (χ4n) is 3.42. The van der Waals surface area contributed by atoms with E-state index >= 15 is 0 Å². The normalized spacial score (nSPS) is 13.8. The highest BCUT2D eigenvalue weighted by Crippen LogP contribution is 2.19. The third-order valence-electron chi connectivity index (χ3n) is 5.20. The number of nitrogens with zero attached hydrogens (tertiary/aromatic N) is 5. The summed E-state index contributed by atoms with van der Waals surface area (Å²) in [6.45, 7) is 1.77. The van der Waals surface area contributed by atoms with E-state index in [0.717, 1.165) is 10.9 Å². The molecule has 1 aliphatic heterocycles. The van der Waals surface area contributed by atoms with Crippen LogP contribution < -0.4 is 16.0 Å². The summed E-state index contributed by atoms with van der Waals surface area (Å²) in [5.41, 5.74) is 1.53. The first-order chi connectivity index (χ1) is 16.0. The van der Waals surface area contributed by atoms with Crippen LogP contribution in [0.1, 0.15) is 18.4 Å². The molecule has 0 radical (unpaired) electrons. The number of carbonyl (C=O) groups is 3. The van der Waals surface area contributed by atoms with E-state index in [0.29, 0.717) is 37.6 Å². The smallest absolute Gasteiger partial charge is 0.324 e. The quantitative estimate of drug-likeness (QED) is 0.440. The van der Waals surface area contributed by atoms with Crippen LogP contribution in [0.4, 0.5) is 15.0 Å². The highest BCUT2D eigenvalue weighted by atomic mass is 19.1. The molecular weight excluding hydrogens is 431 g/mol. The minimum Gasteiger partial charge on any atom is -0.365 e. The number of benzene rings is 1. The Morgan fingerprint density at radius 1 is 1.15 bits per heavy atom. The molecule has 3 heterocycles. The summed E-state index contributed by atoms with van der Waals surface area (Å²) in [5, 5.41) is 13.3. The van der Waals surface area contributed by atoms with Gasteiger partial charge in [-0.3, -0.25) is 14.9 Å². The molecule has 4 amide bonds. The number of amides is 4. The number of carbonyl (C=O) groups excluding carboxylic acids is 3. The van der Waals surface area contributed by atoms with Gasteiger partial charge < -0.3 is 15.5 Å². The monoisotopic (exact) mass is 454 g/mol. The van der Waals surface area contributed by atoms with Crippen molar-refractivity contribution in [2.45, 2.75) is 25.9 Å². The zero-order valence-corrected chi connectivity index (χ0v) is 17.8. The number of urea groups is 1. The molecule has 11 nitrogen and oxygen atoms in total. The van der Waals surface area contributed by atoms with Crippen LogP contribution in [0.25, 0.3) is 11.0 Å². The standard InChI is InChI=1S/C21H23FN8O3/c22-15-3-1-14(2-4-15)11-24-19-16-12-27-30(20(16)26-13-25-19)10-7-23-17(31)5-8-29-9-6-18(32)28-21(29)33/h1-4,12-13H,5-11H2,(H,23,31)(H,24,25,26)(H,28,32,33). The van der Waals surface area contributed by atoms with E-state index in [9.17, 15) is 18.8 Å². The van der Waals surface area contributed by atoms with Crippen molar-refractivity contribution in [1.82, 2.24) is 35.3 Å². The zero-order valence-electron chi connectivity index (χ0n) is 17.8. The lowest BCUT2D eigenvalue weighted by atomic mass is 10.2. The first-order valence-electron chi connectivity index (χ1n) is 10.5. The van der Waals surface area contributed by atoms with E-state index in [1.165, 1.54) is 23.4 Å². The van der Waals surface area contributed by atoms with Crippen LogP contribution in [0.5, 0.6) is 0 Å². The van der Waals surface area contributed by atoms with Crippen molar-refractivity contribution in [2.24, 2.45) is 0 Å². The van der Waals surface area contributed by atoms with Gasteiger partial charge in [-0.05, 0) is 17.7 Å². The van der Waals surface area contributed by atoms with Crippen LogP contribution >= 0.6 is 0 Å². The number of halogens is 1. The first kappa shape index (κ1) is 22.1. The van der Waals surface area contributed by atoms with Gasteiger partial charge in [-0.2, -0.15) is 5.10 Å². The van der Waals surface area contributed by atoms with Crippen LogP contribution in [0, 0.1) is 5.82 Å². The summed E-state index contributed by atoms with van der Waals surface area (Å²) >= 11 is 0. The van der Waals surface area contributed by atoms with Gasteiger partial charge in [-0.1, -0.05) is 12.1 Å². The first-order valence-corrected chi connectivity index (χ1v) is 10.5. The Morgan fingerprint density at radius 3 is 2.76 bits per heavy atom. The fraction of sp³-hybridized carbons (Fsp3) is 0.333. The molecule has 12 heteroatoms. The summed E-state index contributed by atoms with van der Waals surface area (Å²) in [6.07, 6.45) is 3.46. The summed E-state index contributed by atoms with van der Waals surface area (Å²) in [6, 6.07) is 5.74. The molecule has 3 N–H and O–H groups in total. The van der Waals surface area contributed by atoms with E-state index in [2.05, 4.69) is 31.0 Å². The van der Waals surface area contributed by atoms with Crippen molar-refractivity contribution in [3.05, 3.63) is 48.2 Å². The van der Waals surface area contributed by atoms with Gasteiger partial charge in [0, 0.05) is 39.0 Å². The number of imide groups is 1. The Kier molecular flexibility index (Phi) is 6.72. The third kappa shape index (κ3) is 5.59. The average molecular weight is 454 g/mol. The number of nitrogens with one attached hydrogen (secondary N) is 3. The minimum atomic E-state index is -0.467. The van der Waals surface area contributed by atoms with Gasteiger partial charge >= 0.3 is 6.03 Å². The fourth-order valence-corrected chi connectivity index (χ4v) is 3.42. The molecular formula is C21H23FN8O3. The van der Waals surface area contributed by atoms with Gasteiger partial charge in [0.2, 0.25) is 11.8 Å². The molecule has 1 saturated heterocycles. The highest BCUT2D eigenvalue weighted by Gasteiger charge is 2.23. The summed E-state index contributed by atoms with van der Waals surface area (Å²) in [4.78, 5) is 45.0. The molecule has 0 bridgehead atoms. The number of hydrogen-bond acceptors (Lipinski definition) is 7. The largest absolute Gasteiger partial charge is 0.365 e. The lowest BCUT2D eigenvalue weighted by Gasteiger charge is -2.26. The van der Waals surface area contributed by atoms with Gasteiger partial charge in [-0.15, -0.1) is 0 Å². The van der Waals surface area contributed by atoms with Crippen molar-refractivity contribution in [1.29, 1.82) is 0 Å². The zero-order chi connectivity index (χ0) is 23.2. The van der Waals surface area contributed by atoms with E-state index in [4.69, 9.17) is 0 Å². The van der Waals surface area contributed by atoms with Gasteiger partial charge in [0.25, 0.3) is 0 Å². The molecule has 0 unspecified atom stereocenters. The Hall–Kier alpha value is -4.09. The van der Waals surface area contributed by atoms with E-state index < -0.39 is 6.03 Å². The molecule has 2 aromatic heterocycles. The van der Waals surface area contributed by atoms with Gasteiger partial charge in [0.15, 0.2) is 5.65 Å². The predicted octanol–water partition coefficient (Wildman–Crippen LogP) is 1.03. The second-order valence-electron chi connectivity index (χ2n) is 7.50. The minimum absolute atomic E-state index is 0.140. The maximum Gasteiger partial charge on any atom is 0.324 e. The van der Waals surface area contributed by atoms with Crippen molar-refractivity contribution in [3.63, 3.8) is 0 Å². The van der Waals surface area contributed by atoms with E-state index in [1.807, 2.05) is 0 Å². The van der Waals surface area contributed by atoms with Crippen molar-refractivity contribution >= 4 is 34.7 Å². The number of hydrogen-bond donors (Lipinski definition) is 3. The van der Waals surface area contributed by atoms with Crippen LogP contribution in [0.3, 0.4) is 0 Å². The summed E-state index contributed by atoms with van der Waals surface area (Å²) < 4.78 is 14.7. The lowest BCUT2D eigenvalue weighted by molar-refractivity contribution is -0.121. The SMILES string of the molecule is O=C(CCN1CCC(=O)NC1=O)NCCn1ncc2c(NCc3ccc(F)cc3)ncnc21. The number of rotatable bonds is 9. The maximum atomic E-state index is 13.1. The lowest BCUT2D eigenvalue weighted by Crippen LogP contribution is -2.50. The summed E-state index contributed by atoms with van der Waals surface area (Å²) in [5.74, 6) is -0.180. The van der Waals surface area contributed by atoms with Gasteiger partial charge in [0.1, 0.15) is 18.0 Å². The average Bonchev–Trinajstić information content (AvgIpc) is 3.22. The van der Waals surface area contributed by atoms with Crippen LogP contribution in [-0.2, 0) is 22.7 Å². The van der Waals surface area contributed by atoms with E-state index in [-0.39, 0.29) is 37.0 Å². The van der Waals surface area contributed by atoms with Crippen molar-refractivity contribution in [3.8, 4) is 0 Å². The van der Waals surface area contributed by atoms with E-state index in [1.54, 1.807) is 23.0 Å².